The zero-order valence-corrected chi connectivity index (χ0v) is 25.5. The predicted octanol–water partition coefficient (Wildman–Crippen LogP) is 5.98. The van der Waals surface area contributed by atoms with Crippen LogP contribution in [0.15, 0.2) is 109 Å². The Morgan fingerprint density at radius 1 is 0.911 bits per heavy atom. The van der Waals surface area contributed by atoms with Gasteiger partial charge in [-0.15, -0.1) is 16.4 Å². The van der Waals surface area contributed by atoms with Crippen LogP contribution >= 0.6 is 11.3 Å². The van der Waals surface area contributed by atoms with E-state index >= 15 is 0 Å². The van der Waals surface area contributed by atoms with E-state index in [1.807, 2.05) is 90.3 Å². The van der Waals surface area contributed by atoms with Crippen LogP contribution < -0.4 is 14.8 Å². The molecule has 0 fully saturated rings. The number of hydrogen-bond acceptors (Lipinski definition) is 8. The second-order valence-electron chi connectivity index (χ2n) is 10.1. The van der Waals surface area contributed by atoms with E-state index in [0.717, 1.165) is 16.8 Å². The summed E-state index contributed by atoms with van der Waals surface area (Å²) in [5.74, 6) is 0.266. The van der Waals surface area contributed by atoms with Crippen molar-refractivity contribution in [2.75, 3.05) is 19.5 Å². The van der Waals surface area contributed by atoms with Crippen LogP contribution in [0.3, 0.4) is 0 Å². The highest BCUT2D eigenvalue weighted by Gasteiger charge is 2.33. The van der Waals surface area contributed by atoms with Gasteiger partial charge in [0, 0.05) is 17.0 Å². The molecule has 2 aromatic heterocycles. The van der Waals surface area contributed by atoms with Crippen LogP contribution in [0.2, 0.25) is 0 Å². The Labute approximate surface area is 263 Å². The highest BCUT2D eigenvalue weighted by atomic mass is 32.1. The van der Waals surface area contributed by atoms with Crippen molar-refractivity contribution in [3.05, 3.63) is 119 Å². The molecule has 226 valence electrons. The van der Waals surface area contributed by atoms with Gasteiger partial charge in [-0.2, -0.15) is 0 Å². The van der Waals surface area contributed by atoms with Crippen LogP contribution in [-0.4, -0.2) is 50.9 Å². The summed E-state index contributed by atoms with van der Waals surface area (Å²) in [5.41, 5.74) is 4.24. The first-order valence-corrected chi connectivity index (χ1v) is 15.1. The summed E-state index contributed by atoms with van der Waals surface area (Å²) in [4.78, 5) is 35.0. The summed E-state index contributed by atoms with van der Waals surface area (Å²) in [7, 11) is 3.08. The molecule has 0 bridgehead atoms. The molecule has 0 radical (unpaired) electrons. The molecule has 2 amide bonds. The van der Waals surface area contributed by atoms with Crippen LogP contribution in [0.4, 0.5) is 5.69 Å². The number of amides is 2. The lowest BCUT2D eigenvalue weighted by Crippen LogP contribution is -2.42. The van der Waals surface area contributed by atoms with E-state index < -0.39 is 11.9 Å². The molecule has 0 spiro atoms. The second kappa shape index (κ2) is 13.4. The minimum absolute atomic E-state index is 0.0929. The molecule has 0 aliphatic rings. The number of carbonyl (C=O) groups is 2. The number of carbonyl (C=O) groups excluding carboxylic acids is 2. The van der Waals surface area contributed by atoms with E-state index in [1.54, 1.807) is 34.9 Å². The molecule has 6 aromatic rings. The Balaban J connectivity index is 1.39. The van der Waals surface area contributed by atoms with Crippen LogP contribution in [0.5, 0.6) is 11.5 Å². The number of methoxy groups -OCH3 is 2. The molecule has 0 saturated carbocycles. The van der Waals surface area contributed by atoms with Gasteiger partial charge < -0.3 is 19.7 Å². The van der Waals surface area contributed by atoms with Crippen molar-refractivity contribution in [3.63, 3.8) is 0 Å². The lowest BCUT2D eigenvalue weighted by molar-refractivity contribution is -0.140. The molecule has 0 aliphatic heterocycles. The second-order valence-corrected chi connectivity index (χ2v) is 11.1. The fourth-order valence-electron chi connectivity index (χ4n) is 5.06. The zero-order chi connectivity index (χ0) is 31.2. The van der Waals surface area contributed by atoms with E-state index in [9.17, 15) is 9.59 Å². The van der Waals surface area contributed by atoms with E-state index in [-0.39, 0.29) is 19.0 Å². The van der Waals surface area contributed by atoms with Crippen molar-refractivity contribution in [2.24, 2.45) is 0 Å². The Morgan fingerprint density at radius 3 is 2.40 bits per heavy atom. The van der Waals surface area contributed by atoms with E-state index in [1.165, 1.54) is 18.4 Å². The van der Waals surface area contributed by atoms with Gasteiger partial charge in [0.2, 0.25) is 5.91 Å². The minimum Gasteiger partial charge on any atom is -0.497 e. The summed E-state index contributed by atoms with van der Waals surface area (Å²) in [5, 5.41) is 14.1. The monoisotopic (exact) mass is 618 g/mol. The number of fused-ring (bicyclic) bond motifs is 1. The van der Waals surface area contributed by atoms with Gasteiger partial charge in [-0.3, -0.25) is 9.59 Å². The first-order chi connectivity index (χ1) is 22.0. The van der Waals surface area contributed by atoms with Gasteiger partial charge in [-0.1, -0.05) is 78.0 Å². The number of ether oxygens (including phenoxy) is 2. The molecular formula is C34H30N6O4S. The standard InChI is InChI=1S/C34H30N6O4S/c1-43-25-17-18-27(30(19-25)44-2)36-34(42)33(24-13-7-4-8-14-24)39(20-31-35-28(22-45-31)23-11-5-3-6-12-23)32(41)21-40-29-16-10-9-15-26(29)37-38-40/h3-19,22,33H,20-21H2,1-2H3,(H,36,42)/t33-/m1/s1. The number of hydrogen-bond donors (Lipinski definition) is 1. The third-order valence-corrected chi connectivity index (χ3v) is 8.13. The molecule has 11 heteroatoms. The van der Waals surface area contributed by atoms with Crippen molar-refractivity contribution in [2.45, 2.75) is 19.1 Å². The van der Waals surface area contributed by atoms with Gasteiger partial charge >= 0.3 is 0 Å². The lowest BCUT2D eigenvalue weighted by atomic mass is 10.0. The topological polar surface area (TPSA) is 111 Å². The largest absolute Gasteiger partial charge is 0.497 e. The molecule has 0 saturated heterocycles. The van der Waals surface area contributed by atoms with Gasteiger partial charge in [-0.25, -0.2) is 9.67 Å². The minimum atomic E-state index is -1.01. The predicted molar refractivity (Wildman–Crippen MR) is 173 cm³/mol. The smallest absolute Gasteiger partial charge is 0.251 e. The summed E-state index contributed by atoms with van der Waals surface area (Å²) in [6, 6.07) is 30.6. The van der Waals surface area contributed by atoms with Gasteiger partial charge in [0.15, 0.2) is 0 Å². The molecule has 10 nitrogen and oxygen atoms in total. The van der Waals surface area contributed by atoms with Crippen LogP contribution in [0.25, 0.3) is 22.3 Å². The third kappa shape index (κ3) is 6.53. The maximum Gasteiger partial charge on any atom is 0.251 e. The molecule has 1 N–H and O–H groups in total. The average molecular weight is 619 g/mol. The Morgan fingerprint density at radius 2 is 1.64 bits per heavy atom. The Kier molecular flexibility index (Phi) is 8.79. The molecule has 6 rings (SSSR count). The van der Waals surface area contributed by atoms with Crippen molar-refractivity contribution >= 4 is 39.9 Å². The van der Waals surface area contributed by atoms with E-state index in [2.05, 4.69) is 15.6 Å². The van der Waals surface area contributed by atoms with Gasteiger partial charge in [0.1, 0.15) is 34.6 Å². The van der Waals surface area contributed by atoms with Crippen LogP contribution in [0, 0.1) is 0 Å². The molecule has 0 unspecified atom stereocenters. The van der Waals surface area contributed by atoms with Crippen LogP contribution in [0.1, 0.15) is 16.6 Å². The Hall–Kier alpha value is -5.55. The third-order valence-electron chi connectivity index (χ3n) is 7.29. The number of nitrogens with one attached hydrogen (secondary N) is 1. The fourth-order valence-corrected chi connectivity index (χ4v) is 5.86. The van der Waals surface area contributed by atoms with Crippen molar-refractivity contribution in [1.29, 1.82) is 0 Å². The van der Waals surface area contributed by atoms with Crippen molar-refractivity contribution in [1.82, 2.24) is 24.9 Å². The van der Waals surface area contributed by atoms with Gasteiger partial charge in [0.25, 0.3) is 5.91 Å². The van der Waals surface area contributed by atoms with Gasteiger partial charge in [0.05, 0.1) is 37.7 Å². The highest BCUT2D eigenvalue weighted by molar-refractivity contribution is 7.09. The number of nitrogens with zero attached hydrogens (tertiary/aromatic N) is 5. The summed E-state index contributed by atoms with van der Waals surface area (Å²) in [6.07, 6.45) is 0. The van der Waals surface area contributed by atoms with Crippen molar-refractivity contribution in [3.8, 4) is 22.8 Å². The summed E-state index contributed by atoms with van der Waals surface area (Å²) >= 11 is 1.43. The quantitative estimate of drug-likeness (QED) is 0.190. The average Bonchev–Trinajstić information content (AvgIpc) is 3.73. The maximum atomic E-state index is 14.3. The molecule has 4 aromatic carbocycles. The number of rotatable bonds is 11. The summed E-state index contributed by atoms with van der Waals surface area (Å²) < 4.78 is 12.4. The molecule has 2 heterocycles. The van der Waals surface area contributed by atoms with E-state index in [4.69, 9.17) is 14.5 Å². The van der Waals surface area contributed by atoms with E-state index in [0.29, 0.717) is 33.3 Å². The molecule has 0 aliphatic carbocycles. The lowest BCUT2D eigenvalue weighted by Gasteiger charge is -2.31. The number of thiazole rings is 1. The first-order valence-electron chi connectivity index (χ1n) is 14.2. The SMILES string of the molecule is COc1ccc(NC(=O)[C@@H](c2ccccc2)N(Cc2nc(-c3ccccc3)cs2)C(=O)Cn2nnc3ccccc32)c(OC)c1. The Bertz CT molecular complexity index is 1930. The first kappa shape index (κ1) is 29.5. The normalized spacial score (nSPS) is 11.6. The fraction of sp³-hybridized carbons (Fsp3) is 0.147. The van der Waals surface area contributed by atoms with Crippen LogP contribution in [-0.2, 0) is 22.7 Å². The number of benzene rings is 4. The van der Waals surface area contributed by atoms with Crippen molar-refractivity contribution < 1.29 is 19.1 Å². The molecule has 1 atom stereocenters. The molecule has 45 heavy (non-hydrogen) atoms. The zero-order valence-electron chi connectivity index (χ0n) is 24.7. The number of aromatic nitrogens is 4. The maximum absolute atomic E-state index is 14.3. The molecular weight excluding hydrogens is 588 g/mol. The number of anilines is 1. The van der Waals surface area contributed by atoms with Gasteiger partial charge in [-0.05, 0) is 29.8 Å². The number of para-hydroxylation sites is 1. The summed E-state index contributed by atoms with van der Waals surface area (Å²) in [6.45, 7) is -0.0321. The highest BCUT2D eigenvalue weighted by Crippen LogP contribution is 2.32.